The van der Waals surface area contributed by atoms with Gasteiger partial charge in [-0.2, -0.15) is 0 Å². The van der Waals surface area contributed by atoms with E-state index in [4.69, 9.17) is 9.84 Å². The van der Waals surface area contributed by atoms with Crippen LogP contribution in [0.15, 0.2) is 0 Å². The Morgan fingerprint density at radius 1 is 1.39 bits per heavy atom. The third kappa shape index (κ3) is 3.00. The van der Waals surface area contributed by atoms with Gasteiger partial charge < -0.3 is 14.7 Å². The largest absolute Gasteiger partial charge is 0.481 e. The number of ether oxygens (including phenoxy) is 1. The number of amides is 1. The summed E-state index contributed by atoms with van der Waals surface area (Å²) in [5, 5.41) is 9.02. The molecule has 0 bridgehead atoms. The lowest BCUT2D eigenvalue weighted by Crippen LogP contribution is -2.52. The van der Waals surface area contributed by atoms with Crippen molar-refractivity contribution in [1.29, 1.82) is 0 Å². The van der Waals surface area contributed by atoms with Gasteiger partial charge in [0.1, 0.15) is 11.0 Å². The van der Waals surface area contributed by atoms with E-state index in [1.54, 1.807) is 20.8 Å². The summed E-state index contributed by atoms with van der Waals surface area (Å²) in [6, 6.07) is 0. The molecule has 1 unspecified atom stereocenters. The summed E-state index contributed by atoms with van der Waals surface area (Å²) < 4.78 is 5.14. The number of likely N-dealkylation sites (tertiary alicyclic amines) is 1. The average molecular weight is 257 g/mol. The second-order valence-corrected chi connectivity index (χ2v) is 5.71. The molecule has 6 heteroatoms. The predicted molar refractivity (Wildman–Crippen MR) is 63.2 cm³/mol. The lowest BCUT2D eigenvalue weighted by atomic mass is 9.79. The molecule has 0 spiro atoms. The van der Waals surface area contributed by atoms with Crippen LogP contribution < -0.4 is 0 Å². The van der Waals surface area contributed by atoms with Gasteiger partial charge in [-0.05, 0) is 34.1 Å². The van der Waals surface area contributed by atoms with Crippen LogP contribution in [-0.4, -0.2) is 46.5 Å². The fraction of sp³-hybridized carbons (Fsp3) is 0.750. The lowest BCUT2D eigenvalue weighted by molar-refractivity contribution is -0.157. The van der Waals surface area contributed by atoms with Crippen molar-refractivity contribution >= 4 is 17.8 Å². The van der Waals surface area contributed by atoms with Crippen molar-refractivity contribution in [2.45, 2.75) is 39.7 Å². The molecular formula is C12H19NO5. The molecule has 1 aliphatic heterocycles. The van der Waals surface area contributed by atoms with Crippen LogP contribution >= 0.6 is 0 Å². The number of carbonyl (C=O) groups is 3. The van der Waals surface area contributed by atoms with Gasteiger partial charge in [0.2, 0.25) is 0 Å². The maximum atomic E-state index is 11.8. The monoisotopic (exact) mass is 257 g/mol. The predicted octanol–water partition coefficient (Wildman–Crippen LogP) is 1.29. The SMILES string of the molecule is CC(C)(C)OC(=O)N1CCC(C)(C(=O)O)C(=O)C1. The van der Waals surface area contributed by atoms with Crippen LogP contribution in [0.4, 0.5) is 4.79 Å². The highest BCUT2D eigenvalue weighted by Gasteiger charge is 2.46. The molecule has 1 N–H and O–H groups in total. The Labute approximate surface area is 106 Å². The summed E-state index contributed by atoms with van der Waals surface area (Å²) in [4.78, 5) is 35.8. The van der Waals surface area contributed by atoms with E-state index in [0.29, 0.717) is 0 Å². The summed E-state index contributed by atoms with van der Waals surface area (Å²) in [6.07, 6.45) is -0.469. The first-order valence-corrected chi connectivity index (χ1v) is 5.81. The Hall–Kier alpha value is -1.59. The quantitative estimate of drug-likeness (QED) is 0.715. The van der Waals surface area contributed by atoms with E-state index < -0.39 is 28.9 Å². The highest BCUT2D eigenvalue weighted by molar-refractivity contribution is 6.05. The number of Topliss-reactive ketones (excluding diaryl/α,β-unsaturated/α-hetero) is 1. The fourth-order valence-electron chi connectivity index (χ4n) is 1.63. The minimum Gasteiger partial charge on any atom is -0.481 e. The van der Waals surface area contributed by atoms with E-state index in [1.807, 2.05) is 0 Å². The molecule has 0 radical (unpaired) electrons. The zero-order valence-corrected chi connectivity index (χ0v) is 11.1. The molecule has 1 amide bonds. The van der Waals surface area contributed by atoms with E-state index >= 15 is 0 Å². The van der Waals surface area contributed by atoms with Crippen LogP contribution in [0.2, 0.25) is 0 Å². The Kier molecular flexibility index (Phi) is 3.69. The third-order valence-corrected chi connectivity index (χ3v) is 2.96. The molecule has 1 aliphatic rings. The number of carboxylic acids is 1. The minimum atomic E-state index is -1.39. The number of hydrogen-bond acceptors (Lipinski definition) is 4. The Morgan fingerprint density at radius 2 is 1.94 bits per heavy atom. The van der Waals surface area contributed by atoms with Crippen molar-refractivity contribution in [2.24, 2.45) is 5.41 Å². The van der Waals surface area contributed by atoms with E-state index in [2.05, 4.69) is 0 Å². The van der Waals surface area contributed by atoms with Crippen molar-refractivity contribution in [3.8, 4) is 0 Å². The van der Waals surface area contributed by atoms with Crippen molar-refractivity contribution in [2.75, 3.05) is 13.1 Å². The van der Waals surface area contributed by atoms with Crippen LogP contribution in [0.25, 0.3) is 0 Å². The van der Waals surface area contributed by atoms with Crippen LogP contribution in [0.5, 0.6) is 0 Å². The summed E-state index contributed by atoms with van der Waals surface area (Å²) >= 11 is 0. The molecule has 0 aliphatic carbocycles. The molecule has 0 aromatic rings. The second kappa shape index (κ2) is 4.59. The standard InChI is InChI=1S/C12H19NO5/c1-11(2,3)18-10(17)13-6-5-12(4,9(15)16)8(14)7-13/h5-7H2,1-4H3,(H,15,16). The maximum absolute atomic E-state index is 11.8. The number of aliphatic carboxylic acids is 1. The molecule has 1 fully saturated rings. The fourth-order valence-corrected chi connectivity index (χ4v) is 1.63. The molecule has 102 valence electrons. The number of ketones is 1. The lowest BCUT2D eigenvalue weighted by Gasteiger charge is -2.35. The van der Waals surface area contributed by atoms with E-state index in [1.165, 1.54) is 11.8 Å². The van der Waals surface area contributed by atoms with Crippen molar-refractivity contribution in [3.05, 3.63) is 0 Å². The first-order valence-electron chi connectivity index (χ1n) is 5.81. The minimum absolute atomic E-state index is 0.112. The molecule has 1 saturated heterocycles. The van der Waals surface area contributed by atoms with Crippen LogP contribution in [0.1, 0.15) is 34.1 Å². The Morgan fingerprint density at radius 3 is 2.33 bits per heavy atom. The molecule has 0 saturated carbocycles. The van der Waals surface area contributed by atoms with E-state index in [9.17, 15) is 14.4 Å². The van der Waals surface area contributed by atoms with Gasteiger partial charge in [-0.25, -0.2) is 4.79 Å². The molecule has 6 nitrogen and oxygen atoms in total. The number of rotatable bonds is 1. The Bertz CT molecular complexity index is 384. The van der Waals surface area contributed by atoms with Gasteiger partial charge in [-0.15, -0.1) is 0 Å². The Balaban J connectivity index is 2.70. The van der Waals surface area contributed by atoms with Crippen LogP contribution in [0.3, 0.4) is 0 Å². The summed E-state index contributed by atoms with van der Waals surface area (Å²) in [5.74, 6) is -1.61. The normalized spacial score (nSPS) is 24.9. The first kappa shape index (κ1) is 14.5. The van der Waals surface area contributed by atoms with Crippen molar-refractivity contribution in [3.63, 3.8) is 0 Å². The van der Waals surface area contributed by atoms with Gasteiger partial charge in [0.25, 0.3) is 0 Å². The topological polar surface area (TPSA) is 83.9 Å². The van der Waals surface area contributed by atoms with E-state index in [0.717, 1.165) is 0 Å². The van der Waals surface area contributed by atoms with Gasteiger partial charge in [0.05, 0.1) is 6.54 Å². The summed E-state index contributed by atoms with van der Waals surface area (Å²) in [5.41, 5.74) is -2.02. The van der Waals surface area contributed by atoms with Gasteiger partial charge in [-0.1, -0.05) is 0 Å². The average Bonchev–Trinajstić information content (AvgIpc) is 2.19. The second-order valence-electron chi connectivity index (χ2n) is 5.71. The number of carboxylic acid groups (broad SMARTS) is 1. The molecule has 1 rings (SSSR count). The number of piperidine rings is 1. The summed E-state index contributed by atoms with van der Waals surface area (Å²) in [6.45, 7) is 6.60. The highest BCUT2D eigenvalue weighted by atomic mass is 16.6. The van der Waals surface area contributed by atoms with Crippen molar-refractivity contribution < 1.29 is 24.2 Å². The number of carbonyl (C=O) groups excluding carboxylic acids is 2. The van der Waals surface area contributed by atoms with Gasteiger partial charge in [0, 0.05) is 6.54 Å². The number of nitrogens with zero attached hydrogens (tertiary/aromatic N) is 1. The molecule has 1 atom stereocenters. The van der Waals surface area contributed by atoms with Gasteiger partial charge >= 0.3 is 12.1 Å². The van der Waals surface area contributed by atoms with E-state index in [-0.39, 0.29) is 19.5 Å². The van der Waals surface area contributed by atoms with Crippen LogP contribution in [0, 0.1) is 5.41 Å². The zero-order chi connectivity index (χ0) is 14.1. The smallest absolute Gasteiger partial charge is 0.410 e. The first-order chi connectivity index (χ1) is 8.06. The van der Waals surface area contributed by atoms with Crippen LogP contribution in [-0.2, 0) is 14.3 Å². The van der Waals surface area contributed by atoms with Gasteiger partial charge in [-0.3, -0.25) is 9.59 Å². The summed E-state index contributed by atoms with van der Waals surface area (Å²) in [7, 11) is 0. The molecule has 0 aromatic heterocycles. The maximum Gasteiger partial charge on any atom is 0.410 e. The number of hydrogen-bond donors (Lipinski definition) is 1. The molecular weight excluding hydrogens is 238 g/mol. The highest BCUT2D eigenvalue weighted by Crippen LogP contribution is 2.28. The molecule has 1 heterocycles. The third-order valence-electron chi connectivity index (χ3n) is 2.96. The van der Waals surface area contributed by atoms with Gasteiger partial charge in [0.15, 0.2) is 5.78 Å². The molecule has 18 heavy (non-hydrogen) atoms. The zero-order valence-electron chi connectivity index (χ0n) is 11.1. The van der Waals surface area contributed by atoms with Crippen molar-refractivity contribution in [1.82, 2.24) is 4.90 Å². The molecule has 0 aromatic carbocycles.